The summed E-state index contributed by atoms with van der Waals surface area (Å²) < 4.78 is 5.42. The molecule has 0 aromatic carbocycles. The predicted molar refractivity (Wildman–Crippen MR) is 96.0 cm³/mol. The van der Waals surface area contributed by atoms with Crippen LogP contribution in [0.3, 0.4) is 0 Å². The summed E-state index contributed by atoms with van der Waals surface area (Å²) in [6.45, 7) is 8.08. The smallest absolute Gasteiger partial charge is 0.237 e. The third kappa shape index (κ3) is 4.70. The van der Waals surface area contributed by atoms with Gasteiger partial charge in [0.15, 0.2) is 0 Å². The fourth-order valence-electron chi connectivity index (χ4n) is 4.49. The van der Waals surface area contributed by atoms with Crippen LogP contribution in [0, 0.1) is 5.92 Å². The Morgan fingerprint density at radius 1 is 1.04 bits per heavy atom. The highest BCUT2D eigenvalue weighted by Gasteiger charge is 2.33. The Kier molecular flexibility index (Phi) is 6.53. The Morgan fingerprint density at radius 2 is 1.75 bits per heavy atom. The number of hydrogen-bond acceptors (Lipinski definition) is 4. The van der Waals surface area contributed by atoms with Gasteiger partial charge in [-0.25, -0.2) is 0 Å². The summed E-state index contributed by atoms with van der Waals surface area (Å²) in [5, 5.41) is 6.92. The first-order valence-corrected chi connectivity index (χ1v) is 10.0. The minimum atomic E-state index is -0.0892. The summed E-state index contributed by atoms with van der Waals surface area (Å²) in [7, 11) is 0. The number of nitrogens with one attached hydrogen (secondary N) is 2. The van der Waals surface area contributed by atoms with Crippen molar-refractivity contribution in [3.05, 3.63) is 0 Å². The number of carbonyl (C=O) groups excluding carboxylic acids is 1. The Labute approximate surface area is 146 Å². The number of amides is 1. The van der Waals surface area contributed by atoms with E-state index in [1.807, 2.05) is 0 Å². The molecule has 1 aliphatic carbocycles. The molecule has 3 fully saturated rings. The van der Waals surface area contributed by atoms with Gasteiger partial charge in [0.1, 0.15) is 0 Å². The van der Waals surface area contributed by atoms with E-state index in [9.17, 15) is 4.79 Å². The second-order valence-electron chi connectivity index (χ2n) is 8.20. The van der Waals surface area contributed by atoms with E-state index in [1.165, 1.54) is 25.7 Å². The maximum absolute atomic E-state index is 12.8. The summed E-state index contributed by atoms with van der Waals surface area (Å²) in [5.74, 6) is 0.495. The molecule has 138 valence electrons. The fraction of sp³-hybridized carbons (Fsp3) is 0.947. The average Bonchev–Trinajstić information content (AvgIpc) is 3.24. The topological polar surface area (TPSA) is 53.6 Å². The van der Waals surface area contributed by atoms with Crippen LogP contribution in [0.5, 0.6) is 0 Å². The van der Waals surface area contributed by atoms with Gasteiger partial charge in [-0.2, -0.15) is 0 Å². The lowest BCUT2D eigenvalue weighted by Gasteiger charge is -2.31. The first-order chi connectivity index (χ1) is 11.6. The molecule has 1 saturated carbocycles. The number of hydrogen-bond donors (Lipinski definition) is 2. The third-order valence-corrected chi connectivity index (χ3v) is 5.99. The molecule has 2 heterocycles. The minimum absolute atomic E-state index is 0.0892. The summed E-state index contributed by atoms with van der Waals surface area (Å²) in [6.07, 6.45) is 8.57. The van der Waals surface area contributed by atoms with Crippen LogP contribution in [-0.2, 0) is 9.53 Å². The Bertz CT molecular complexity index is 403. The van der Waals surface area contributed by atoms with Crippen molar-refractivity contribution in [1.82, 2.24) is 15.5 Å². The summed E-state index contributed by atoms with van der Waals surface area (Å²) in [4.78, 5) is 15.4. The van der Waals surface area contributed by atoms with Crippen molar-refractivity contribution in [2.24, 2.45) is 5.92 Å². The van der Waals surface area contributed by atoms with Crippen LogP contribution in [0.25, 0.3) is 0 Å². The standard InChI is InChI=1S/C19H35N3O2/c1-14(2)18(20-15-8-11-24-12-9-15)19(23)21-16-7-10-22(13-16)17-5-3-4-6-17/h14-18,20H,3-13H2,1-2H3,(H,21,23)/t16-,18+/m0/s1. The van der Waals surface area contributed by atoms with Crippen molar-refractivity contribution in [2.45, 2.75) is 83.0 Å². The predicted octanol–water partition coefficient (Wildman–Crippen LogP) is 1.91. The highest BCUT2D eigenvalue weighted by Crippen LogP contribution is 2.26. The molecule has 2 N–H and O–H groups in total. The summed E-state index contributed by atoms with van der Waals surface area (Å²) >= 11 is 0. The molecule has 0 radical (unpaired) electrons. The zero-order valence-corrected chi connectivity index (χ0v) is 15.4. The molecule has 2 saturated heterocycles. The second kappa shape index (κ2) is 8.63. The van der Waals surface area contributed by atoms with Gasteiger partial charge in [0, 0.05) is 44.4 Å². The van der Waals surface area contributed by atoms with Gasteiger partial charge in [0.25, 0.3) is 0 Å². The molecule has 2 aliphatic heterocycles. The van der Waals surface area contributed by atoms with Gasteiger partial charge in [-0.1, -0.05) is 26.7 Å². The van der Waals surface area contributed by atoms with Gasteiger partial charge >= 0.3 is 0 Å². The lowest BCUT2D eigenvalue weighted by atomic mass is 9.99. The largest absolute Gasteiger partial charge is 0.381 e. The highest BCUT2D eigenvalue weighted by atomic mass is 16.5. The van der Waals surface area contributed by atoms with E-state index in [0.29, 0.717) is 18.0 Å². The lowest BCUT2D eigenvalue weighted by molar-refractivity contribution is -0.125. The number of carbonyl (C=O) groups is 1. The van der Waals surface area contributed by atoms with Crippen LogP contribution >= 0.6 is 0 Å². The average molecular weight is 338 g/mol. The zero-order valence-electron chi connectivity index (χ0n) is 15.4. The second-order valence-corrected chi connectivity index (χ2v) is 8.20. The lowest BCUT2D eigenvalue weighted by Crippen LogP contribution is -2.54. The van der Waals surface area contributed by atoms with Crippen LogP contribution in [0.1, 0.15) is 58.8 Å². The van der Waals surface area contributed by atoms with E-state index < -0.39 is 0 Å². The van der Waals surface area contributed by atoms with Crippen LogP contribution in [0.15, 0.2) is 0 Å². The number of rotatable bonds is 6. The van der Waals surface area contributed by atoms with Crippen molar-refractivity contribution >= 4 is 5.91 Å². The van der Waals surface area contributed by atoms with Crippen LogP contribution in [-0.4, -0.2) is 61.3 Å². The molecule has 0 aromatic heterocycles. The van der Waals surface area contributed by atoms with E-state index in [1.54, 1.807) is 0 Å². The third-order valence-electron chi connectivity index (χ3n) is 5.99. The molecule has 5 heteroatoms. The van der Waals surface area contributed by atoms with E-state index >= 15 is 0 Å². The maximum atomic E-state index is 12.8. The Balaban J connectivity index is 1.48. The summed E-state index contributed by atoms with van der Waals surface area (Å²) in [5.41, 5.74) is 0. The molecule has 0 spiro atoms. The normalized spacial score (nSPS) is 28.5. The van der Waals surface area contributed by atoms with Crippen LogP contribution < -0.4 is 10.6 Å². The number of nitrogens with zero attached hydrogens (tertiary/aromatic N) is 1. The maximum Gasteiger partial charge on any atom is 0.237 e. The Hall–Kier alpha value is -0.650. The molecule has 0 bridgehead atoms. The number of ether oxygens (including phenoxy) is 1. The molecule has 2 atom stereocenters. The zero-order chi connectivity index (χ0) is 16.9. The monoisotopic (exact) mass is 337 g/mol. The van der Waals surface area contributed by atoms with Crippen molar-refractivity contribution in [3.8, 4) is 0 Å². The van der Waals surface area contributed by atoms with Gasteiger partial charge in [0.2, 0.25) is 5.91 Å². The molecule has 3 rings (SSSR count). The van der Waals surface area contributed by atoms with Gasteiger partial charge in [-0.05, 0) is 38.0 Å². The molecule has 1 amide bonds. The molecular weight excluding hydrogens is 302 g/mol. The molecule has 0 aromatic rings. The van der Waals surface area contributed by atoms with Crippen molar-refractivity contribution in [2.75, 3.05) is 26.3 Å². The quantitative estimate of drug-likeness (QED) is 0.777. The van der Waals surface area contributed by atoms with Crippen molar-refractivity contribution in [3.63, 3.8) is 0 Å². The van der Waals surface area contributed by atoms with Crippen LogP contribution in [0.4, 0.5) is 0 Å². The molecule has 0 unspecified atom stereocenters. The van der Waals surface area contributed by atoms with Gasteiger partial charge in [0.05, 0.1) is 6.04 Å². The number of likely N-dealkylation sites (tertiary alicyclic amines) is 1. The highest BCUT2D eigenvalue weighted by molar-refractivity contribution is 5.82. The minimum Gasteiger partial charge on any atom is -0.381 e. The van der Waals surface area contributed by atoms with Crippen molar-refractivity contribution < 1.29 is 9.53 Å². The van der Waals surface area contributed by atoms with E-state index in [4.69, 9.17) is 4.74 Å². The fourth-order valence-corrected chi connectivity index (χ4v) is 4.49. The van der Waals surface area contributed by atoms with Gasteiger partial charge in [-0.3, -0.25) is 9.69 Å². The first-order valence-electron chi connectivity index (χ1n) is 10.0. The first kappa shape index (κ1) is 18.2. The van der Waals surface area contributed by atoms with Crippen molar-refractivity contribution in [1.29, 1.82) is 0 Å². The van der Waals surface area contributed by atoms with E-state index in [-0.39, 0.29) is 11.9 Å². The SMILES string of the molecule is CC(C)[C@@H](NC1CCOCC1)C(=O)N[C@H]1CCN(C2CCCC2)C1. The molecule has 5 nitrogen and oxygen atoms in total. The van der Waals surface area contributed by atoms with Gasteiger partial charge < -0.3 is 15.4 Å². The molecule has 24 heavy (non-hydrogen) atoms. The van der Waals surface area contributed by atoms with E-state index in [2.05, 4.69) is 29.4 Å². The molecule has 3 aliphatic rings. The van der Waals surface area contributed by atoms with Crippen LogP contribution in [0.2, 0.25) is 0 Å². The van der Waals surface area contributed by atoms with E-state index in [0.717, 1.165) is 51.6 Å². The summed E-state index contributed by atoms with van der Waals surface area (Å²) in [6, 6.07) is 1.42. The molecular formula is C19H35N3O2. The van der Waals surface area contributed by atoms with Gasteiger partial charge in [-0.15, -0.1) is 0 Å². The Morgan fingerprint density at radius 3 is 2.42 bits per heavy atom.